The van der Waals surface area contributed by atoms with Gasteiger partial charge in [0, 0.05) is 41.3 Å². The van der Waals surface area contributed by atoms with Crippen molar-refractivity contribution in [2.75, 3.05) is 18.0 Å². The lowest BCUT2D eigenvalue weighted by Crippen LogP contribution is -2.39. The summed E-state index contributed by atoms with van der Waals surface area (Å²) in [4.78, 5) is 6.76. The Bertz CT molecular complexity index is 645. The standard InChI is InChI=1S/C15H15ClN2O/c16-10-1-2-13-11(6-10)14(3-4-17-13)18-7-9-5-15(19)12(9)8-18/h1-4,6,9,12,15,19H,5,7-8H2/t9-,12+,15-/m1/s1. The molecule has 2 aliphatic rings. The molecule has 4 rings (SSSR count). The number of halogens is 1. The fourth-order valence-corrected chi connectivity index (χ4v) is 3.62. The van der Waals surface area contributed by atoms with Gasteiger partial charge in [-0.3, -0.25) is 4.98 Å². The number of pyridine rings is 1. The molecule has 3 atom stereocenters. The largest absolute Gasteiger partial charge is 0.393 e. The lowest BCUT2D eigenvalue weighted by atomic mass is 9.74. The van der Waals surface area contributed by atoms with Crippen molar-refractivity contribution in [3.8, 4) is 0 Å². The van der Waals surface area contributed by atoms with Crippen molar-refractivity contribution in [3.63, 3.8) is 0 Å². The summed E-state index contributed by atoms with van der Waals surface area (Å²) >= 11 is 6.10. The van der Waals surface area contributed by atoms with Gasteiger partial charge in [0.05, 0.1) is 11.6 Å². The van der Waals surface area contributed by atoms with Crippen molar-refractivity contribution in [1.82, 2.24) is 4.98 Å². The molecule has 0 bridgehead atoms. The van der Waals surface area contributed by atoms with Crippen LogP contribution in [0.3, 0.4) is 0 Å². The zero-order valence-corrected chi connectivity index (χ0v) is 11.2. The number of aliphatic hydroxyl groups is 1. The lowest BCUT2D eigenvalue weighted by molar-refractivity contribution is -0.00398. The van der Waals surface area contributed by atoms with Crippen molar-refractivity contribution >= 4 is 28.2 Å². The first-order valence-corrected chi connectivity index (χ1v) is 7.07. The fraction of sp³-hybridized carbons (Fsp3) is 0.400. The molecule has 1 saturated heterocycles. The maximum absolute atomic E-state index is 9.78. The average Bonchev–Trinajstić information content (AvgIpc) is 2.75. The summed E-state index contributed by atoms with van der Waals surface area (Å²) in [6, 6.07) is 7.87. The van der Waals surface area contributed by atoms with Gasteiger partial charge in [0.15, 0.2) is 0 Å². The minimum Gasteiger partial charge on any atom is -0.393 e. The van der Waals surface area contributed by atoms with Gasteiger partial charge in [-0.05, 0) is 36.6 Å². The molecule has 1 saturated carbocycles. The quantitative estimate of drug-likeness (QED) is 0.869. The first kappa shape index (κ1) is 11.5. The Morgan fingerprint density at radius 1 is 1.26 bits per heavy atom. The molecule has 2 fully saturated rings. The summed E-state index contributed by atoms with van der Waals surface area (Å²) in [5.41, 5.74) is 2.16. The molecule has 3 nitrogen and oxygen atoms in total. The third-order valence-corrected chi connectivity index (χ3v) is 4.79. The molecular weight excluding hydrogens is 260 g/mol. The number of hydrogen-bond acceptors (Lipinski definition) is 3. The molecule has 0 amide bonds. The molecule has 2 heterocycles. The monoisotopic (exact) mass is 274 g/mol. The molecule has 1 aliphatic heterocycles. The molecule has 0 spiro atoms. The summed E-state index contributed by atoms with van der Waals surface area (Å²) < 4.78 is 0. The highest BCUT2D eigenvalue weighted by atomic mass is 35.5. The minimum absolute atomic E-state index is 0.105. The molecule has 1 aliphatic carbocycles. The number of hydrogen-bond donors (Lipinski definition) is 1. The van der Waals surface area contributed by atoms with E-state index in [0.29, 0.717) is 11.8 Å². The van der Waals surface area contributed by atoms with Crippen molar-refractivity contribution < 1.29 is 5.11 Å². The predicted octanol–water partition coefficient (Wildman–Crippen LogP) is 2.71. The van der Waals surface area contributed by atoms with Crippen LogP contribution in [0, 0.1) is 11.8 Å². The molecule has 19 heavy (non-hydrogen) atoms. The van der Waals surface area contributed by atoms with Gasteiger partial charge in [-0.1, -0.05) is 11.6 Å². The summed E-state index contributed by atoms with van der Waals surface area (Å²) in [5.74, 6) is 1.10. The van der Waals surface area contributed by atoms with Crippen LogP contribution in [0.1, 0.15) is 6.42 Å². The maximum Gasteiger partial charge on any atom is 0.0723 e. The summed E-state index contributed by atoms with van der Waals surface area (Å²) in [5, 5.41) is 11.6. The van der Waals surface area contributed by atoms with E-state index in [1.807, 2.05) is 24.4 Å². The summed E-state index contributed by atoms with van der Waals surface area (Å²) in [7, 11) is 0. The Balaban J connectivity index is 1.77. The normalized spacial score (nSPS) is 29.4. The van der Waals surface area contributed by atoms with Crippen LogP contribution in [0.25, 0.3) is 10.9 Å². The highest BCUT2D eigenvalue weighted by Crippen LogP contribution is 2.43. The maximum atomic E-state index is 9.78. The number of benzene rings is 1. The first-order chi connectivity index (χ1) is 9.22. The van der Waals surface area contributed by atoms with Gasteiger partial charge in [0.25, 0.3) is 0 Å². The van der Waals surface area contributed by atoms with E-state index in [2.05, 4.69) is 16.0 Å². The van der Waals surface area contributed by atoms with Crippen molar-refractivity contribution in [1.29, 1.82) is 0 Å². The third-order valence-electron chi connectivity index (χ3n) is 4.55. The molecule has 2 aromatic rings. The van der Waals surface area contributed by atoms with Crippen LogP contribution in [-0.4, -0.2) is 29.3 Å². The van der Waals surface area contributed by atoms with E-state index in [4.69, 9.17) is 11.6 Å². The lowest BCUT2D eigenvalue weighted by Gasteiger charge is -2.34. The third kappa shape index (κ3) is 1.72. The van der Waals surface area contributed by atoms with Gasteiger partial charge in [0.1, 0.15) is 0 Å². The number of fused-ring (bicyclic) bond motifs is 2. The Labute approximate surface area is 116 Å². The zero-order chi connectivity index (χ0) is 13.0. The van der Waals surface area contributed by atoms with E-state index in [-0.39, 0.29) is 6.10 Å². The van der Waals surface area contributed by atoms with E-state index < -0.39 is 0 Å². The van der Waals surface area contributed by atoms with Gasteiger partial charge in [-0.15, -0.1) is 0 Å². The number of rotatable bonds is 1. The molecule has 1 aromatic carbocycles. The van der Waals surface area contributed by atoms with E-state index in [9.17, 15) is 5.11 Å². The molecule has 4 heteroatoms. The second kappa shape index (κ2) is 4.09. The molecule has 0 unspecified atom stereocenters. The smallest absolute Gasteiger partial charge is 0.0723 e. The van der Waals surface area contributed by atoms with Crippen LogP contribution < -0.4 is 4.90 Å². The van der Waals surface area contributed by atoms with Crippen LogP contribution in [-0.2, 0) is 0 Å². The Morgan fingerprint density at radius 2 is 2.16 bits per heavy atom. The minimum atomic E-state index is -0.105. The number of nitrogens with zero attached hydrogens (tertiary/aromatic N) is 2. The highest BCUT2D eigenvalue weighted by molar-refractivity contribution is 6.31. The van der Waals surface area contributed by atoms with Crippen LogP contribution in [0.15, 0.2) is 30.5 Å². The number of aromatic nitrogens is 1. The Hall–Kier alpha value is -1.32. The van der Waals surface area contributed by atoms with Gasteiger partial charge in [-0.25, -0.2) is 0 Å². The van der Waals surface area contributed by atoms with Gasteiger partial charge < -0.3 is 10.0 Å². The van der Waals surface area contributed by atoms with E-state index in [0.717, 1.165) is 35.4 Å². The van der Waals surface area contributed by atoms with Gasteiger partial charge in [0.2, 0.25) is 0 Å². The van der Waals surface area contributed by atoms with Crippen molar-refractivity contribution in [2.24, 2.45) is 11.8 Å². The van der Waals surface area contributed by atoms with Crippen molar-refractivity contribution in [2.45, 2.75) is 12.5 Å². The molecule has 1 N–H and O–H groups in total. The van der Waals surface area contributed by atoms with Gasteiger partial charge >= 0.3 is 0 Å². The molecule has 98 valence electrons. The molecule has 1 aromatic heterocycles. The van der Waals surface area contributed by atoms with Crippen LogP contribution in [0.4, 0.5) is 5.69 Å². The topological polar surface area (TPSA) is 36.4 Å². The van der Waals surface area contributed by atoms with Gasteiger partial charge in [-0.2, -0.15) is 0 Å². The second-order valence-electron chi connectivity index (χ2n) is 5.62. The molecular formula is C15H15ClN2O. The summed E-state index contributed by atoms with van der Waals surface area (Å²) in [6.45, 7) is 1.98. The number of anilines is 1. The number of aliphatic hydroxyl groups excluding tert-OH is 1. The second-order valence-corrected chi connectivity index (χ2v) is 6.06. The Kier molecular flexibility index (Phi) is 2.47. The van der Waals surface area contributed by atoms with E-state index in [1.165, 1.54) is 5.69 Å². The molecule has 0 radical (unpaired) electrons. The summed E-state index contributed by atoms with van der Waals surface area (Å²) in [6.07, 6.45) is 2.69. The fourth-order valence-electron chi connectivity index (χ4n) is 3.45. The highest BCUT2D eigenvalue weighted by Gasteiger charge is 2.46. The van der Waals surface area contributed by atoms with Crippen LogP contribution >= 0.6 is 11.6 Å². The Morgan fingerprint density at radius 3 is 2.95 bits per heavy atom. The van der Waals surface area contributed by atoms with Crippen LogP contribution in [0.2, 0.25) is 5.02 Å². The van der Waals surface area contributed by atoms with E-state index >= 15 is 0 Å². The predicted molar refractivity (Wildman–Crippen MR) is 76.6 cm³/mol. The van der Waals surface area contributed by atoms with Crippen molar-refractivity contribution in [3.05, 3.63) is 35.5 Å². The van der Waals surface area contributed by atoms with Crippen LogP contribution in [0.5, 0.6) is 0 Å². The van der Waals surface area contributed by atoms with E-state index in [1.54, 1.807) is 0 Å². The average molecular weight is 275 g/mol. The SMILES string of the molecule is O[C@@H]1C[C@@H]2CN(c3ccnc4ccc(Cl)cc34)C[C@@H]21. The first-order valence-electron chi connectivity index (χ1n) is 6.69. The zero-order valence-electron chi connectivity index (χ0n) is 10.5.